The predicted molar refractivity (Wildman–Crippen MR) is 74.8 cm³/mol. The molecule has 0 atom stereocenters. The third-order valence-electron chi connectivity index (χ3n) is 2.49. The Morgan fingerprint density at radius 1 is 1.18 bits per heavy atom. The zero-order valence-corrected chi connectivity index (χ0v) is 11.8. The van der Waals surface area contributed by atoms with Crippen molar-refractivity contribution in [3.8, 4) is 0 Å². The van der Waals surface area contributed by atoms with E-state index < -0.39 is 0 Å². The highest BCUT2D eigenvalue weighted by atomic mass is 79.9. The van der Waals surface area contributed by atoms with Gasteiger partial charge in [0.05, 0.1) is 0 Å². The van der Waals surface area contributed by atoms with Gasteiger partial charge in [0, 0.05) is 15.1 Å². The van der Waals surface area contributed by atoms with Crippen molar-refractivity contribution in [3.63, 3.8) is 0 Å². The summed E-state index contributed by atoms with van der Waals surface area (Å²) in [5.74, 6) is 0.504. The quantitative estimate of drug-likeness (QED) is 0.703. The van der Waals surface area contributed by atoms with Crippen LogP contribution in [0.4, 0.5) is 4.39 Å². The lowest BCUT2D eigenvalue weighted by Crippen LogP contribution is -1.88. The fourth-order valence-corrected chi connectivity index (χ4v) is 2.86. The molecular formula is C14H12BrFS. The molecule has 0 spiro atoms. The summed E-state index contributed by atoms with van der Waals surface area (Å²) in [6.45, 7) is 2.07. The molecule has 0 amide bonds. The summed E-state index contributed by atoms with van der Waals surface area (Å²) in [4.78, 5) is 1.20. The number of aryl methyl sites for hydroxylation is 1. The number of benzene rings is 2. The van der Waals surface area contributed by atoms with Crippen molar-refractivity contribution in [3.05, 3.63) is 63.9 Å². The SMILES string of the molecule is Cc1ccccc1SCc1ccc(Br)cc1F. The molecule has 0 aromatic heterocycles. The van der Waals surface area contributed by atoms with Gasteiger partial charge in [-0.2, -0.15) is 0 Å². The van der Waals surface area contributed by atoms with Gasteiger partial charge < -0.3 is 0 Å². The summed E-state index contributed by atoms with van der Waals surface area (Å²) in [6.07, 6.45) is 0. The highest BCUT2D eigenvalue weighted by molar-refractivity contribution is 9.10. The molecule has 2 rings (SSSR count). The maximum Gasteiger partial charge on any atom is 0.128 e. The molecule has 0 aliphatic rings. The first-order valence-corrected chi connectivity index (χ1v) is 7.07. The van der Waals surface area contributed by atoms with E-state index in [2.05, 4.69) is 35.0 Å². The van der Waals surface area contributed by atoms with Crippen LogP contribution in [-0.4, -0.2) is 0 Å². The second-order valence-electron chi connectivity index (χ2n) is 3.79. The molecule has 2 aromatic rings. The molecule has 88 valence electrons. The van der Waals surface area contributed by atoms with Gasteiger partial charge in [0.2, 0.25) is 0 Å². The third kappa shape index (κ3) is 3.33. The van der Waals surface area contributed by atoms with Crippen LogP contribution in [0.3, 0.4) is 0 Å². The van der Waals surface area contributed by atoms with Gasteiger partial charge in [-0.3, -0.25) is 0 Å². The molecule has 0 nitrogen and oxygen atoms in total. The second-order valence-corrected chi connectivity index (χ2v) is 5.72. The monoisotopic (exact) mass is 310 g/mol. The largest absolute Gasteiger partial charge is 0.207 e. The minimum atomic E-state index is -0.152. The van der Waals surface area contributed by atoms with Crippen LogP contribution < -0.4 is 0 Å². The molecule has 0 radical (unpaired) electrons. The van der Waals surface area contributed by atoms with Crippen molar-refractivity contribution in [2.75, 3.05) is 0 Å². The lowest BCUT2D eigenvalue weighted by molar-refractivity contribution is 0.616. The summed E-state index contributed by atoms with van der Waals surface area (Å²) in [7, 11) is 0. The van der Waals surface area contributed by atoms with Gasteiger partial charge in [0.1, 0.15) is 5.82 Å². The van der Waals surface area contributed by atoms with Crippen molar-refractivity contribution < 1.29 is 4.39 Å². The summed E-state index contributed by atoms with van der Waals surface area (Å²) in [5, 5.41) is 0. The molecule has 0 unspecified atom stereocenters. The molecule has 3 heteroatoms. The van der Waals surface area contributed by atoms with Crippen molar-refractivity contribution in [2.45, 2.75) is 17.6 Å². The predicted octanol–water partition coefficient (Wildman–Crippen LogP) is 5.19. The molecule has 0 saturated carbocycles. The van der Waals surface area contributed by atoms with Gasteiger partial charge in [-0.05, 0) is 36.2 Å². The smallest absolute Gasteiger partial charge is 0.128 e. The van der Waals surface area contributed by atoms with Crippen LogP contribution >= 0.6 is 27.7 Å². The zero-order chi connectivity index (χ0) is 12.3. The Morgan fingerprint density at radius 2 is 1.94 bits per heavy atom. The van der Waals surface area contributed by atoms with E-state index in [-0.39, 0.29) is 5.82 Å². The first-order valence-electron chi connectivity index (χ1n) is 5.29. The lowest BCUT2D eigenvalue weighted by atomic mass is 10.2. The van der Waals surface area contributed by atoms with E-state index in [9.17, 15) is 4.39 Å². The lowest BCUT2D eigenvalue weighted by Gasteiger charge is -2.06. The topological polar surface area (TPSA) is 0 Å². The average molecular weight is 311 g/mol. The average Bonchev–Trinajstić information content (AvgIpc) is 2.30. The maximum absolute atomic E-state index is 13.6. The van der Waals surface area contributed by atoms with Crippen LogP contribution in [0.25, 0.3) is 0 Å². The molecule has 2 aromatic carbocycles. The van der Waals surface area contributed by atoms with Crippen LogP contribution in [0.15, 0.2) is 51.8 Å². The molecule has 0 bridgehead atoms. The van der Waals surface area contributed by atoms with Crippen LogP contribution in [0.2, 0.25) is 0 Å². The minimum absolute atomic E-state index is 0.152. The van der Waals surface area contributed by atoms with Crippen LogP contribution in [0.1, 0.15) is 11.1 Å². The Morgan fingerprint density at radius 3 is 2.65 bits per heavy atom. The van der Waals surface area contributed by atoms with E-state index in [1.54, 1.807) is 11.8 Å². The third-order valence-corrected chi connectivity index (χ3v) is 4.21. The standard InChI is InChI=1S/C14H12BrFS/c1-10-4-2-3-5-14(10)17-9-11-6-7-12(15)8-13(11)16/h2-8H,9H2,1H3. The Bertz CT molecular complexity index is 525. The Kier molecular flexibility index (Phi) is 4.24. The van der Waals surface area contributed by atoms with E-state index >= 15 is 0 Å². The van der Waals surface area contributed by atoms with Crippen molar-refractivity contribution >= 4 is 27.7 Å². The summed E-state index contributed by atoms with van der Waals surface area (Å²) in [5.41, 5.74) is 1.97. The van der Waals surface area contributed by atoms with E-state index in [0.29, 0.717) is 5.75 Å². The molecule has 0 aliphatic heterocycles. The number of hydrogen-bond acceptors (Lipinski definition) is 1. The van der Waals surface area contributed by atoms with Crippen molar-refractivity contribution in [1.29, 1.82) is 0 Å². The Balaban J connectivity index is 2.10. The van der Waals surface area contributed by atoms with Crippen molar-refractivity contribution in [1.82, 2.24) is 0 Å². The highest BCUT2D eigenvalue weighted by Crippen LogP contribution is 2.27. The molecule has 0 fully saturated rings. The molecule has 0 heterocycles. The fraction of sp³-hybridized carbons (Fsp3) is 0.143. The summed E-state index contributed by atoms with van der Waals surface area (Å²) >= 11 is 4.92. The second kappa shape index (κ2) is 5.69. The van der Waals surface area contributed by atoms with E-state index in [0.717, 1.165) is 10.0 Å². The summed E-state index contributed by atoms with van der Waals surface area (Å²) < 4.78 is 14.4. The molecule has 0 aliphatic carbocycles. The maximum atomic E-state index is 13.6. The number of halogens is 2. The van der Waals surface area contributed by atoms with E-state index in [4.69, 9.17) is 0 Å². The van der Waals surface area contributed by atoms with Gasteiger partial charge in [-0.25, -0.2) is 4.39 Å². The molecule has 0 saturated heterocycles. The van der Waals surface area contributed by atoms with Crippen molar-refractivity contribution in [2.24, 2.45) is 0 Å². The fourth-order valence-electron chi connectivity index (χ4n) is 1.51. The van der Waals surface area contributed by atoms with E-state index in [1.165, 1.54) is 16.5 Å². The number of hydrogen-bond donors (Lipinski definition) is 0. The van der Waals surface area contributed by atoms with Crippen LogP contribution in [0.5, 0.6) is 0 Å². The van der Waals surface area contributed by atoms with Gasteiger partial charge in [-0.1, -0.05) is 40.2 Å². The highest BCUT2D eigenvalue weighted by Gasteiger charge is 2.04. The van der Waals surface area contributed by atoms with E-state index in [1.807, 2.05) is 24.3 Å². The van der Waals surface area contributed by atoms with Crippen LogP contribution in [-0.2, 0) is 5.75 Å². The first-order chi connectivity index (χ1) is 8.16. The molecule has 0 N–H and O–H groups in total. The Hall–Kier alpha value is -0.800. The molecule has 17 heavy (non-hydrogen) atoms. The summed E-state index contributed by atoms with van der Waals surface area (Å²) in [6, 6.07) is 13.4. The van der Waals surface area contributed by atoms with Gasteiger partial charge in [-0.15, -0.1) is 11.8 Å². The van der Waals surface area contributed by atoms with Gasteiger partial charge in [0.25, 0.3) is 0 Å². The minimum Gasteiger partial charge on any atom is -0.207 e. The number of thioether (sulfide) groups is 1. The molecular weight excluding hydrogens is 299 g/mol. The first kappa shape index (κ1) is 12.7. The van der Waals surface area contributed by atoms with Crippen LogP contribution in [0, 0.1) is 12.7 Å². The Labute approximate surface area is 113 Å². The van der Waals surface area contributed by atoms with Gasteiger partial charge >= 0.3 is 0 Å². The number of rotatable bonds is 3. The normalized spacial score (nSPS) is 10.5. The van der Waals surface area contributed by atoms with Gasteiger partial charge in [0.15, 0.2) is 0 Å². The zero-order valence-electron chi connectivity index (χ0n) is 9.41.